The molecule has 140 valence electrons. The maximum Gasteiger partial charge on any atom is 0.239 e. The molecule has 0 saturated carbocycles. The maximum atomic E-state index is 12.1. The first kappa shape index (κ1) is 20.1. The van der Waals surface area contributed by atoms with Crippen LogP contribution in [-0.4, -0.2) is 26.6 Å². The number of amides is 1. The number of hydrogen-bond donors (Lipinski definition) is 2. The summed E-state index contributed by atoms with van der Waals surface area (Å²) in [6.07, 6.45) is 1.20. The van der Waals surface area contributed by atoms with E-state index in [-0.39, 0.29) is 24.1 Å². The molecule has 5 nitrogen and oxygen atoms in total. The lowest BCUT2D eigenvalue weighted by molar-refractivity contribution is -0.115. The van der Waals surface area contributed by atoms with E-state index in [1.165, 1.54) is 0 Å². The molecule has 0 bridgehead atoms. The second-order valence-electron chi connectivity index (χ2n) is 6.52. The number of sulfonamides is 1. The van der Waals surface area contributed by atoms with Crippen LogP contribution in [0.2, 0.25) is 0 Å². The summed E-state index contributed by atoms with van der Waals surface area (Å²) in [7, 11) is -3.48. The van der Waals surface area contributed by atoms with Gasteiger partial charge in [-0.05, 0) is 36.0 Å². The predicted octanol–water partition coefficient (Wildman–Crippen LogP) is 3.30. The highest BCUT2D eigenvalue weighted by atomic mass is 32.2. The van der Waals surface area contributed by atoms with Crippen molar-refractivity contribution in [2.75, 3.05) is 17.6 Å². The average molecular weight is 375 g/mol. The predicted molar refractivity (Wildman–Crippen MR) is 106 cm³/mol. The van der Waals surface area contributed by atoms with Gasteiger partial charge in [0.05, 0.1) is 12.3 Å². The zero-order valence-corrected chi connectivity index (χ0v) is 16.1. The Morgan fingerprint density at radius 3 is 2.35 bits per heavy atom. The number of rotatable bonds is 9. The highest BCUT2D eigenvalue weighted by molar-refractivity contribution is 7.89. The minimum Gasteiger partial charge on any atom is -0.325 e. The Bertz CT molecular complexity index is 818. The fourth-order valence-corrected chi connectivity index (χ4v) is 3.69. The summed E-state index contributed by atoms with van der Waals surface area (Å²) < 4.78 is 26.5. The van der Waals surface area contributed by atoms with Crippen molar-refractivity contribution in [3.63, 3.8) is 0 Å². The number of hydrogen-bond acceptors (Lipinski definition) is 3. The van der Waals surface area contributed by atoms with Crippen LogP contribution in [-0.2, 0) is 21.2 Å². The van der Waals surface area contributed by atoms with Gasteiger partial charge in [-0.15, -0.1) is 0 Å². The molecule has 0 spiro atoms. The van der Waals surface area contributed by atoms with Crippen molar-refractivity contribution in [3.05, 3.63) is 65.7 Å². The molecule has 1 amide bonds. The molecule has 0 atom stereocenters. The molecule has 0 radical (unpaired) electrons. The van der Waals surface area contributed by atoms with Gasteiger partial charge >= 0.3 is 0 Å². The summed E-state index contributed by atoms with van der Waals surface area (Å²) in [6, 6.07) is 17.3. The molecule has 26 heavy (non-hydrogen) atoms. The van der Waals surface area contributed by atoms with Crippen molar-refractivity contribution < 1.29 is 13.2 Å². The third-order valence-electron chi connectivity index (χ3n) is 4.03. The molecule has 0 saturated heterocycles. The van der Waals surface area contributed by atoms with Crippen LogP contribution in [0.4, 0.5) is 5.69 Å². The normalized spacial score (nSPS) is 11.5. The molecule has 2 rings (SSSR count). The van der Waals surface area contributed by atoms with Crippen molar-refractivity contribution in [2.45, 2.75) is 32.6 Å². The van der Waals surface area contributed by atoms with Crippen LogP contribution >= 0.6 is 0 Å². The highest BCUT2D eigenvalue weighted by Crippen LogP contribution is 2.23. The molecule has 0 heterocycles. The number of para-hydroxylation sites is 1. The zero-order valence-electron chi connectivity index (χ0n) is 15.2. The summed E-state index contributed by atoms with van der Waals surface area (Å²) in [4.78, 5) is 12.1. The van der Waals surface area contributed by atoms with E-state index < -0.39 is 10.0 Å². The molecular weight excluding hydrogens is 348 g/mol. The number of carbonyl (C=O) groups is 1. The number of aryl methyl sites for hydroxylation is 1. The fraction of sp³-hybridized carbons (Fsp3) is 0.350. The van der Waals surface area contributed by atoms with Gasteiger partial charge in [0.15, 0.2) is 0 Å². The molecule has 6 heteroatoms. The van der Waals surface area contributed by atoms with Crippen molar-refractivity contribution in [2.24, 2.45) is 0 Å². The minimum absolute atomic E-state index is 0.00223. The average Bonchev–Trinajstić information content (AvgIpc) is 2.61. The summed E-state index contributed by atoms with van der Waals surface area (Å²) in [5.41, 5.74) is 2.84. The summed E-state index contributed by atoms with van der Waals surface area (Å²) in [5, 5.41) is 2.78. The molecule has 0 aliphatic carbocycles. The minimum atomic E-state index is -3.48. The van der Waals surface area contributed by atoms with E-state index in [1.54, 1.807) is 0 Å². The number of benzene rings is 2. The van der Waals surface area contributed by atoms with E-state index >= 15 is 0 Å². The van der Waals surface area contributed by atoms with Gasteiger partial charge in [-0.2, -0.15) is 0 Å². The zero-order chi connectivity index (χ0) is 19.0. The second kappa shape index (κ2) is 9.50. The Morgan fingerprint density at radius 1 is 1.00 bits per heavy atom. The smallest absolute Gasteiger partial charge is 0.239 e. The van der Waals surface area contributed by atoms with E-state index in [9.17, 15) is 13.2 Å². The van der Waals surface area contributed by atoms with Crippen LogP contribution in [0.3, 0.4) is 0 Å². The molecule has 2 N–H and O–H groups in total. The van der Waals surface area contributed by atoms with E-state index in [1.807, 2.05) is 68.4 Å². The monoisotopic (exact) mass is 374 g/mol. The SMILES string of the molecule is CC(C)c1ccccc1NC(=O)CNS(=O)(=O)CCCc1ccccc1. The molecule has 0 aliphatic rings. The van der Waals surface area contributed by atoms with Crippen LogP contribution in [0.5, 0.6) is 0 Å². The quantitative estimate of drug-likeness (QED) is 0.707. The Balaban J connectivity index is 1.80. The van der Waals surface area contributed by atoms with Gasteiger partial charge in [-0.3, -0.25) is 4.79 Å². The standard InChI is InChI=1S/C20H26N2O3S/c1-16(2)18-12-6-7-13-19(18)22-20(23)15-21-26(24,25)14-8-11-17-9-4-3-5-10-17/h3-7,9-10,12-13,16,21H,8,11,14-15H2,1-2H3,(H,22,23). The third-order valence-corrected chi connectivity index (χ3v) is 5.44. The van der Waals surface area contributed by atoms with Crippen LogP contribution in [0.15, 0.2) is 54.6 Å². The Kier molecular flexibility index (Phi) is 7.36. The van der Waals surface area contributed by atoms with Gasteiger partial charge in [0.25, 0.3) is 0 Å². The lowest BCUT2D eigenvalue weighted by Gasteiger charge is -2.14. The van der Waals surface area contributed by atoms with Gasteiger partial charge in [-0.1, -0.05) is 62.4 Å². The fourth-order valence-electron chi connectivity index (χ4n) is 2.67. The van der Waals surface area contributed by atoms with Crippen molar-refractivity contribution in [1.29, 1.82) is 0 Å². The number of nitrogens with one attached hydrogen (secondary N) is 2. The maximum absolute atomic E-state index is 12.1. The third kappa shape index (κ3) is 6.61. The van der Waals surface area contributed by atoms with Crippen molar-refractivity contribution >= 4 is 21.6 Å². The summed E-state index contributed by atoms with van der Waals surface area (Å²) >= 11 is 0. The lowest BCUT2D eigenvalue weighted by Crippen LogP contribution is -2.34. The van der Waals surface area contributed by atoms with Gasteiger partial charge < -0.3 is 5.32 Å². The molecular formula is C20H26N2O3S. The molecule has 2 aromatic rings. The van der Waals surface area contributed by atoms with Crippen LogP contribution in [0.25, 0.3) is 0 Å². The van der Waals surface area contributed by atoms with E-state index in [2.05, 4.69) is 10.0 Å². The molecule has 0 fully saturated rings. The van der Waals surface area contributed by atoms with E-state index in [0.29, 0.717) is 12.8 Å². The Hall–Kier alpha value is -2.18. The van der Waals surface area contributed by atoms with Gasteiger partial charge in [0.1, 0.15) is 0 Å². The first-order valence-corrected chi connectivity index (χ1v) is 10.4. The first-order chi connectivity index (χ1) is 12.4. The molecule has 0 unspecified atom stereocenters. The van der Waals surface area contributed by atoms with Crippen molar-refractivity contribution in [3.8, 4) is 0 Å². The van der Waals surface area contributed by atoms with Gasteiger partial charge in [-0.25, -0.2) is 13.1 Å². The van der Waals surface area contributed by atoms with Crippen molar-refractivity contribution in [1.82, 2.24) is 4.72 Å². The summed E-state index contributed by atoms with van der Waals surface area (Å²) in [6.45, 7) is 3.82. The van der Waals surface area contributed by atoms with Crippen LogP contribution in [0.1, 0.15) is 37.3 Å². The van der Waals surface area contributed by atoms with Gasteiger partial charge in [0, 0.05) is 5.69 Å². The largest absolute Gasteiger partial charge is 0.325 e. The lowest BCUT2D eigenvalue weighted by atomic mass is 10.0. The molecule has 2 aromatic carbocycles. The number of anilines is 1. The Labute approximate surface area is 155 Å². The van der Waals surface area contributed by atoms with E-state index in [4.69, 9.17) is 0 Å². The first-order valence-electron chi connectivity index (χ1n) is 8.77. The molecule has 0 aliphatic heterocycles. The molecule has 0 aromatic heterocycles. The van der Waals surface area contributed by atoms with Crippen LogP contribution < -0.4 is 10.0 Å². The van der Waals surface area contributed by atoms with E-state index in [0.717, 1.165) is 16.8 Å². The topological polar surface area (TPSA) is 75.3 Å². The van der Waals surface area contributed by atoms with Gasteiger partial charge in [0.2, 0.25) is 15.9 Å². The highest BCUT2D eigenvalue weighted by Gasteiger charge is 2.14. The van der Waals surface area contributed by atoms with Crippen LogP contribution in [0, 0.1) is 0 Å². The number of carbonyl (C=O) groups excluding carboxylic acids is 1. The Morgan fingerprint density at radius 2 is 1.65 bits per heavy atom. The second-order valence-corrected chi connectivity index (χ2v) is 8.45. The summed E-state index contributed by atoms with van der Waals surface area (Å²) in [5.74, 6) is -0.108.